The Morgan fingerprint density at radius 2 is 1.78 bits per heavy atom. The van der Waals surface area contributed by atoms with Crippen LogP contribution >= 0.6 is 35.7 Å². The molecule has 1 aliphatic carbocycles. The third-order valence-corrected chi connectivity index (χ3v) is 3.96. The van der Waals surface area contributed by atoms with Crippen LogP contribution in [0.1, 0.15) is 43.6 Å². The van der Waals surface area contributed by atoms with Crippen molar-refractivity contribution >= 4 is 46.6 Å². The summed E-state index contributed by atoms with van der Waals surface area (Å²) in [5, 5.41) is 11.1. The SMILES string of the molecule is CSC(=N)Nc1ccc(C2CCCCC2)cc1.I. The van der Waals surface area contributed by atoms with E-state index in [4.69, 9.17) is 5.41 Å². The van der Waals surface area contributed by atoms with Crippen molar-refractivity contribution in [3.05, 3.63) is 29.8 Å². The van der Waals surface area contributed by atoms with Gasteiger partial charge in [-0.15, -0.1) is 24.0 Å². The molecule has 1 aromatic carbocycles. The van der Waals surface area contributed by atoms with E-state index in [-0.39, 0.29) is 24.0 Å². The molecule has 0 aromatic heterocycles. The van der Waals surface area contributed by atoms with Crippen LogP contribution in [0.15, 0.2) is 24.3 Å². The molecule has 0 aliphatic heterocycles. The average Bonchev–Trinajstić information content (AvgIpc) is 2.40. The van der Waals surface area contributed by atoms with Gasteiger partial charge in [0.15, 0.2) is 5.17 Å². The van der Waals surface area contributed by atoms with Crippen molar-refractivity contribution in [1.29, 1.82) is 5.41 Å². The van der Waals surface area contributed by atoms with Crippen LogP contribution in [-0.2, 0) is 0 Å². The largest absolute Gasteiger partial charge is 0.335 e. The van der Waals surface area contributed by atoms with Gasteiger partial charge in [0, 0.05) is 5.69 Å². The van der Waals surface area contributed by atoms with E-state index in [1.807, 2.05) is 6.26 Å². The van der Waals surface area contributed by atoms with Gasteiger partial charge in [0.2, 0.25) is 0 Å². The lowest BCUT2D eigenvalue weighted by Crippen LogP contribution is -2.06. The standard InChI is InChI=1S/C14H20N2S.HI/c1-17-14(15)16-13-9-7-12(8-10-13)11-5-3-2-4-6-11;/h7-11H,2-6H2,1H3,(H2,15,16);1H. The maximum atomic E-state index is 7.58. The summed E-state index contributed by atoms with van der Waals surface area (Å²) in [6.07, 6.45) is 8.75. The Kier molecular flexibility index (Phi) is 7.07. The molecule has 4 heteroatoms. The van der Waals surface area contributed by atoms with Crippen LogP contribution < -0.4 is 5.32 Å². The number of thioether (sulfide) groups is 1. The van der Waals surface area contributed by atoms with E-state index in [0.29, 0.717) is 5.17 Å². The number of halogens is 1. The molecule has 0 atom stereocenters. The van der Waals surface area contributed by atoms with Crippen LogP contribution in [0.2, 0.25) is 0 Å². The third-order valence-electron chi connectivity index (χ3n) is 3.45. The number of benzene rings is 1. The number of hydrogen-bond acceptors (Lipinski definition) is 2. The molecule has 0 amide bonds. The summed E-state index contributed by atoms with van der Waals surface area (Å²) >= 11 is 1.42. The van der Waals surface area contributed by atoms with Gasteiger partial charge in [0.05, 0.1) is 0 Å². The van der Waals surface area contributed by atoms with Gasteiger partial charge in [-0.2, -0.15) is 0 Å². The highest BCUT2D eigenvalue weighted by molar-refractivity contribution is 14.0. The van der Waals surface area contributed by atoms with Crippen LogP contribution in [0.25, 0.3) is 0 Å². The summed E-state index contributed by atoms with van der Waals surface area (Å²) in [5.41, 5.74) is 2.48. The van der Waals surface area contributed by atoms with Crippen molar-refractivity contribution < 1.29 is 0 Å². The van der Waals surface area contributed by atoms with Crippen molar-refractivity contribution in [3.8, 4) is 0 Å². The van der Waals surface area contributed by atoms with Crippen LogP contribution in [0.4, 0.5) is 5.69 Å². The number of hydrogen-bond donors (Lipinski definition) is 2. The zero-order valence-corrected chi connectivity index (χ0v) is 13.9. The Morgan fingerprint density at radius 1 is 1.17 bits per heavy atom. The van der Waals surface area contributed by atoms with Gasteiger partial charge in [-0.3, -0.25) is 5.41 Å². The van der Waals surface area contributed by atoms with Crippen molar-refractivity contribution in [3.63, 3.8) is 0 Å². The molecule has 2 rings (SSSR count). The van der Waals surface area contributed by atoms with Crippen LogP contribution in [-0.4, -0.2) is 11.4 Å². The molecule has 1 saturated carbocycles. The molecule has 0 unspecified atom stereocenters. The van der Waals surface area contributed by atoms with Crippen molar-refractivity contribution in [2.75, 3.05) is 11.6 Å². The minimum absolute atomic E-state index is 0. The van der Waals surface area contributed by atoms with Gasteiger partial charge < -0.3 is 5.32 Å². The molecule has 0 heterocycles. The Morgan fingerprint density at radius 3 is 2.33 bits per heavy atom. The molecule has 0 bridgehead atoms. The second-order valence-corrected chi connectivity index (χ2v) is 5.43. The lowest BCUT2D eigenvalue weighted by Gasteiger charge is -2.22. The Hall–Kier alpha value is -0.230. The molecule has 0 spiro atoms. The molecule has 18 heavy (non-hydrogen) atoms. The van der Waals surface area contributed by atoms with Crippen LogP contribution in [0.3, 0.4) is 0 Å². The fourth-order valence-electron chi connectivity index (χ4n) is 2.46. The molecular formula is C14H21IN2S. The maximum absolute atomic E-state index is 7.58. The fraction of sp³-hybridized carbons (Fsp3) is 0.500. The van der Waals surface area contributed by atoms with Gasteiger partial charge in [-0.05, 0) is 42.7 Å². The van der Waals surface area contributed by atoms with Crippen molar-refractivity contribution in [2.45, 2.75) is 38.0 Å². The smallest absolute Gasteiger partial charge is 0.157 e. The summed E-state index contributed by atoms with van der Waals surface area (Å²) in [6, 6.07) is 8.61. The van der Waals surface area contributed by atoms with Gasteiger partial charge in [0.1, 0.15) is 0 Å². The number of amidine groups is 1. The second-order valence-electron chi connectivity index (χ2n) is 4.62. The first-order valence-corrected chi connectivity index (χ1v) is 7.51. The van der Waals surface area contributed by atoms with Gasteiger partial charge >= 0.3 is 0 Å². The highest BCUT2D eigenvalue weighted by atomic mass is 127. The van der Waals surface area contributed by atoms with Crippen molar-refractivity contribution in [1.82, 2.24) is 0 Å². The lowest BCUT2D eigenvalue weighted by molar-refractivity contribution is 0.443. The lowest BCUT2D eigenvalue weighted by atomic mass is 9.84. The molecule has 100 valence electrons. The summed E-state index contributed by atoms with van der Waals surface area (Å²) in [4.78, 5) is 0. The highest BCUT2D eigenvalue weighted by Crippen LogP contribution is 2.32. The predicted octanol–water partition coefficient (Wildman–Crippen LogP) is 5.06. The van der Waals surface area contributed by atoms with E-state index >= 15 is 0 Å². The van der Waals surface area contributed by atoms with Crippen molar-refractivity contribution in [2.24, 2.45) is 0 Å². The topological polar surface area (TPSA) is 35.9 Å². The van der Waals surface area contributed by atoms with E-state index in [9.17, 15) is 0 Å². The number of rotatable bonds is 2. The highest BCUT2D eigenvalue weighted by Gasteiger charge is 2.14. The number of anilines is 1. The Balaban J connectivity index is 0.00000162. The molecule has 1 aromatic rings. The normalized spacial score (nSPS) is 15.8. The molecule has 1 fully saturated rings. The summed E-state index contributed by atoms with van der Waals surface area (Å²) < 4.78 is 0. The van der Waals surface area contributed by atoms with E-state index in [0.717, 1.165) is 11.6 Å². The summed E-state index contributed by atoms with van der Waals surface area (Å²) in [5.74, 6) is 0.762. The van der Waals surface area contributed by atoms with Gasteiger partial charge in [0.25, 0.3) is 0 Å². The average molecular weight is 376 g/mol. The summed E-state index contributed by atoms with van der Waals surface area (Å²) in [6.45, 7) is 0. The maximum Gasteiger partial charge on any atom is 0.157 e. The van der Waals surface area contributed by atoms with Crippen LogP contribution in [0.5, 0.6) is 0 Å². The van der Waals surface area contributed by atoms with Gasteiger partial charge in [-0.1, -0.05) is 43.2 Å². The summed E-state index contributed by atoms with van der Waals surface area (Å²) in [7, 11) is 0. The van der Waals surface area contributed by atoms with Gasteiger partial charge in [-0.25, -0.2) is 0 Å². The minimum atomic E-state index is 0. The Bertz CT molecular complexity index is 372. The molecule has 2 N–H and O–H groups in total. The first-order valence-electron chi connectivity index (χ1n) is 6.29. The Labute approximate surface area is 131 Å². The number of nitrogens with one attached hydrogen (secondary N) is 2. The quantitative estimate of drug-likeness (QED) is 0.430. The predicted molar refractivity (Wildman–Crippen MR) is 92.5 cm³/mol. The first-order chi connectivity index (χ1) is 8.29. The molecule has 1 aliphatic rings. The van der Waals surface area contributed by atoms with E-state index in [2.05, 4.69) is 29.6 Å². The van der Waals surface area contributed by atoms with E-state index in [1.165, 1.54) is 49.4 Å². The molecular weight excluding hydrogens is 355 g/mol. The fourth-order valence-corrected chi connectivity index (χ4v) is 2.68. The third kappa shape index (κ3) is 4.46. The molecule has 0 saturated heterocycles. The molecule has 2 nitrogen and oxygen atoms in total. The second kappa shape index (κ2) is 8.04. The van der Waals surface area contributed by atoms with E-state index < -0.39 is 0 Å². The van der Waals surface area contributed by atoms with Crippen LogP contribution in [0, 0.1) is 5.41 Å². The zero-order chi connectivity index (χ0) is 12.1. The molecule has 0 radical (unpaired) electrons. The van der Waals surface area contributed by atoms with E-state index in [1.54, 1.807) is 0 Å². The minimum Gasteiger partial charge on any atom is -0.335 e. The zero-order valence-electron chi connectivity index (χ0n) is 10.7. The monoisotopic (exact) mass is 376 g/mol. The first kappa shape index (κ1) is 15.8.